The van der Waals surface area contributed by atoms with Gasteiger partial charge in [-0.15, -0.1) is 0 Å². The number of carbonyl (C=O) groups excluding carboxylic acids is 3. The lowest BCUT2D eigenvalue weighted by atomic mass is 9.95. The monoisotopic (exact) mass is 240 g/mol. The van der Waals surface area contributed by atoms with E-state index in [0.717, 1.165) is 14.2 Å². The van der Waals surface area contributed by atoms with E-state index in [4.69, 9.17) is 4.42 Å². The Morgan fingerprint density at radius 2 is 1.88 bits per heavy atom. The van der Waals surface area contributed by atoms with Crippen molar-refractivity contribution < 1.29 is 28.3 Å². The standard InChI is InChI=1S/C11H12O6/c1-6-7(4-5-17-6)8(10(13)15-2)9(12)11(14)16-3/h4-5,8H,1-3H3. The highest BCUT2D eigenvalue weighted by molar-refractivity contribution is 6.39. The molecule has 0 aliphatic heterocycles. The fourth-order valence-corrected chi connectivity index (χ4v) is 1.41. The molecule has 0 radical (unpaired) electrons. The number of hydrogen-bond donors (Lipinski definition) is 0. The summed E-state index contributed by atoms with van der Waals surface area (Å²) in [5.74, 6) is -3.88. The van der Waals surface area contributed by atoms with Crippen LogP contribution in [0, 0.1) is 6.92 Å². The van der Waals surface area contributed by atoms with Gasteiger partial charge >= 0.3 is 11.9 Å². The average Bonchev–Trinajstić information content (AvgIpc) is 2.74. The number of furan rings is 1. The third kappa shape index (κ3) is 2.52. The molecule has 0 saturated heterocycles. The smallest absolute Gasteiger partial charge is 0.375 e. The Bertz CT molecular complexity index is 445. The lowest BCUT2D eigenvalue weighted by Gasteiger charge is -2.11. The zero-order chi connectivity index (χ0) is 13.0. The van der Waals surface area contributed by atoms with Crippen LogP contribution in [0.3, 0.4) is 0 Å². The lowest BCUT2D eigenvalue weighted by molar-refractivity contribution is -0.157. The molecule has 1 atom stereocenters. The third-order valence-electron chi connectivity index (χ3n) is 2.30. The number of esters is 2. The number of hydrogen-bond acceptors (Lipinski definition) is 6. The minimum Gasteiger partial charge on any atom is -0.469 e. The Balaban J connectivity index is 3.14. The second kappa shape index (κ2) is 5.29. The highest BCUT2D eigenvalue weighted by Gasteiger charge is 2.36. The Morgan fingerprint density at radius 1 is 1.24 bits per heavy atom. The molecule has 0 aromatic carbocycles. The Morgan fingerprint density at radius 3 is 2.29 bits per heavy atom. The maximum atomic E-state index is 11.7. The van der Waals surface area contributed by atoms with E-state index >= 15 is 0 Å². The van der Waals surface area contributed by atoms with Gasteiger partial charge in [-0.05, 0) is 13.0 Å². The summed E-state index contributed by atoms with van der Waals surface area (Å²) in [5.41, 5.74) is 0.298. The first-order chi connectivity index (χ1) is 8.02. The van der Waals surface area contributed by atoms with Crippen molar-refractivity contribution in [2.24, 2.45) is 0 Å². The van der Waals surface area contributed by atoms with Crippen LogP contribution in [0.15, 0.2) is 16.7 Å². The predicted octanol–water partition coefficient (Wildman–Crippen LogP) is 0.587. The topological polar surface area (TPSA) is 82.8 Å². The van der Waals surface area contributed by atoms with E-state index in [1.807, 2.05) is 0 Å². The Kier molecular flexibility index (Phi) is 4.03. The van der Waals surface area contributed by atoms with Crippen LogP contribution in [-0.4, -0.2) is 31.9 Å². The number of carbonyl (C=O) groups is 3. The number of Topliss-reactive ketones (excluding diaryl/α,β-unsaturated/α-hetero) is 1. The first kappa shape index (κ1) is 13.0. The molecule has 6 heteroatoms. The van der Waals surface area contributed by atoms with Crippen LogP contribution in [-0.2, 0) is 23.9 Å². The molecule has 1 unspecified atom stereocenters. The number of rotatable bonds is 4. The molecule has 1 heterocycles. The van der Waals surface area contributed by atoms with Crippen molar-refractivity contribution >= 4 is 17.7 Å². The van der Waals surface area contributed by atoms with Gasteiger partial charge in [0.2, 0.25) is 0 Å². The van der Waals surface area contributed by atoms with E-state index in [1.54, 1.807) is 6.92 Å². The summed E-state index contributed by atoms with van der Waals surface area (Å²) in [4.78, 5) is 34.4. The fraction of sp³-hybridized carbons (Fsp3) is 0.364. The predicted molar refractivity (Wildman–Crippen MR) is 55.2 cm³/mol. The summed E-state index contributed by atoms with van der Waals surface area (Å²) in [5, 5.41) is 0. The van der Waals surface area contributed by atoms with Gasteiger partial charge in [-0.25, -0.2) is 4.79 Å². The number of ketones is 1. The molecule has 0 N–H and O–H groups in total. The first-order valence-corrected chi connectivity index (χ1v) is 4.76. The van der Waals surface area contributed by atoms with E-state index in [9.17, 15) is 14.4 Å². The van der Waals surface area contributed by atoms with Gasteiger partial charge in [-0.2, -0.15) is 0 Å². The summed E-state index contributed by atoms with van der Waals surface area (Å²) < 4.78 is 13.8. The molecule has 0 amide bonds. The van der Waals surface area contributed by atoms with Crippen molar-refractivity contribution in [1.82, 2.24) is 0 Å². The van der Waals surface area contributed by atoms with E-state index in [2.05, 4.69) is 9.47 Å². The molecule has 6 nitrogen and oxygen atoms in total. The molecule has 0 saturated carbocycles. The second-order valence-electron chi connectivity index (χ2n) is 3.24. The van der Waals surface area contributed by atoms with Crippen LogP contribution in [0.1, 0.15) is 17.2 Å². The lowest BCUT2D eigenvalue weighted by Crippen LogP contribution is -2.30. The highest BCUT2D eigenvalue weighted by Crippen LogP contribution is 2.23. The summed E-state index contributed by atoms with van der Waals surface area (Å²) >= 11 is 0. The van der Waals surface area contributed by atoms with E-state index in [-0.39, 0.29) is 0 Å². The van der Waals surface area contributed by atoms with Gasteiger partial charge in [0, 0.05) is 5.56 Å². The fourth-order valence-electron chi connectivity index (χ4n) is 1.41. The van der Waals surface area contributed by atoms with Crippen molar-refractivity contribution in [3.63, 3.8) is 0 Å². The molecular formula is C11H12O6. The van der Waals surface area contributed by atoms with Gasteiger partial charge in [0.15, 0.2) is 5.92 Å². The average molecular weight is 240 g/mol. The second-order valence-corrected chi connectivity index (χ2v) is 3.24. The number of aryl methyl sites for hydroxylation is 1. The molecule has 0 aliphatic carbocycles. The van der Waals surface area contributed by atoms with E-state index < -0.39 is 23.6 Å². The van der Waals surface area contributed by atoms with Gasteiger partial charge in [-0.3, -0.25) is 9.59 Å². The molecule has 0 spiro atoms. The van der Waals surface area contributed by atoms with Gasteiger partial charge in [0.05, 0.1) is 20.5 Å². The molecule has 0 bridgehead atoms. The minimum absolute atomic E-state index is 0.298. The Hall–Kier alpha value is -2.11. The molecule has 0 aliphatic rings. The summed E-state index contributed by atoms with van der Waals surface area (Å²) in [6.45, 7) is 1.58. The largest absolute Gasteiger partial charge is 0.469 e. The Labute approximate surface area is 97.5 Å². The maximum absolute atomic E-state index is 11.7. The quantitative estimate of drug-likeness (QED) is 0.435. The van der Waals surface area contributed by atoms with Crippen molar-refractivity contribution in [3.8, 4) is 0 Å². The molecule has 1 rings (SSSR count). The van der Waals surface area contributed by atoms with Gasteiger partial charge in [-0.1, -0.05) is 0 Å². The van der Waals surface area contributed by atoms with Crippen LogP contribution >= 0.6 is 0 Å². The van der Waals surface area contributed by atoms with Gasteiger partial charge < -0.3 is 13.9 Å². The molecule has 0 fully saturated rings. The van der Waals surface area contributed by atoms with Gasteiger partial charge in [0.1, 0.15) is 5.76 Å². The molecule has 1 aromatic rings. The minimum atomic E-state index is -1.34. The highest BCUT2D eigenvalue weighted by atomic mass is 16.5. The number of methoxy groups -OCH3 is 2. The molecule has 92 valence electrons. The van der Waals surface area contributed by atoms with Crippen molar-refractivity contribution in [2.75, 3.05) is 14.2 Å². The summed E-state index contributed by atoms with van der Waals surface area (Å²) in [7, 11) is 2.20. The summed E-state index contributed by atoms with van der Waals surface area (Å²) in [6, 6.07) is 1.44. The SMILES string of the molecule is COC(=O)C(=O)C(C(=O)OC)c1ccoc1C. The molecule has 1 aromatic heterocycles. The zero-order valence-electron chi connectivity index (χ0n) is 9.68. The summed E-state index contributed by atoms with van der Waals surface area (Å²) in [6.07, 6.45) is 1.32. The molecule has 17 heavy (non-hydrogen) atoms. The first-order valence-electron chi connectivity index (χ1n) is 4.76. The van der Waals surface area contributed by atoms with Crippen LogP contribution in [0.25, 0.3) is 0 Å². The van der Waals surface area contributed by atoms with Gasteiger partial charge in [0.25, 0.3) is 5.78 Å². The normalized spacial score (nSPS) is 11.7. The van der Waals surface area contributed by atoms with E-state index in [1.165, 1.54) is 12.3 Å². The van der Waals surface area contributed by atoms with Crippen molar-refractivity contribution in [1.29, 1.82) is 0 Å². The van der Waals surface area contributed by atoms with Crippen LogP contribution in [0.5, 0.6) is 0 Å². The van der Waals surface area contributed by atoms with Crippen molar-refractivity contribution in [3.05, 3.63) is 23.7 Å². The van der Waals surface area contributed by atoms with Crippen LogP contribution < -0.4 is 0 Å². The van der Waals surface area contributed by atoms with Crippen molar-refractivity contribution in [2.45, 2.75) is 12.8 Å². The van der Waals surface area contributed by atoms with Crippen LogP contribution in [0.4, 0.5) is 0 Å². The van der Waals surface area contributed by atoms with E-state index in [0.29, 0.717) is 11.3 Å². The maximum Gasteiger partial charge on any atom is 0.375 e. The zero-order valence-corrected chi connectivity index (χ0v) is 9.68. The number of ether oxygens (including phenoxy) is 2. The third-order valence-corrected chi connectivity index (χ3v) is 2.30. The van der Waals surface area contributed by atoms with Crippen LogP contribution in [0.2, 0.25) is 0 Å². The molecular weight excluding hydrogens is 228 g/mol.